The first-order valence-electron chi connectivity index (χ1n) is 5.65. The molecule has 0 spiro atoms. The Labute approximate surface area is 124 Å². The summed E-state index contributed by atoms with van der Waals surface area (Å²) in [5.74, 6) is -0.671. The standard InChI is InChI=1S/C14H10BrN3O2/c1-20-14(19)10(7-16)6-11-8-17-18-13(11)9-2-4-12(15)5-3-9/h2-6,8H,1H3,(H,17,18)/b10-6+. The number of aromatic amines is 1. The largest absolute Gasteiger partial charge is 0.465 e. The number of hydrogen-bond acceptors (Lipinski definition) is 4. The lowest BCUT2D eigenvalue weighted by Gasteiger charge is -2.01. The van der Waals surface area contributed by atoms with Crippen molar-refractivity contribution < 1.29 is 9.53 Å². The van der Waals surface area contributed by atoms with Crippen molar-refractivity contribution in [3.8, 4) is 17.3 Å². The fourth-order valence-electron chi connectivity index (χ4n) is 1.65. The lowest BCUT2D eigenvalue weighted by molar-refractivity contribution is -0.135. The Hall–Kier alpha value is -2.39. The summed E-state index contributed by atoms with van der Waals surface area (Å²) in [7, 11) is 1.23. The van der Waals surface area contributed by atoms with Crippen LogP contribution < -0.4 is 0 Å². The molecule has 0 radical (unpaired) electrons. The van der Waals surface area contributed by atoms with Crippen molar-refractivity contribution in [2.45, 2.75) is 0 Å². The van der Waals surface area contributed by atoms with Crippen LogP contribution >= 0.6 is 15.9 Å². The molecule has 6 heteroatoms. The van der Waals surface area contributed by atoms with E-state index in [0.717, 1.165) is 15.7 Å². The van der Waals surface area contributed by atoms with E-state index in [0.29, 0.717) is 5.56 Å². The van der Waals surface area contributed by atoms with E-state index in [2.05, 4.69) is 30.9 Å². The SMILES string of the molecule is COC(=O)/C(C#N)=C/c1cn[nH]c1-c1ccc(Br)cc1. The van der Waals surface area contributed by atoms with Gasteiger partial charge in [-0.3, -0.25) is 5.10 Å². The Morgan fingerprint density at radius 1 is 1.45 bits per heavy atom. The molecular formula is C14H10BrN3O2. The smallest absolute Gasteiger partial charge is 0.348 e. The van der Waals surface area contributed by atoms with Gasteiger partial charge in [-0.2, -0.15) is 10.4 Å². The van der Waals surface area contributed by atoms with Crippen LogP contribution in [0.15, 0.2) is 40.5 Å². The van der Waals surface area contributed by atoms with Crippen LogP contribution in [0.1, 0.15) is 5.56 Å². The van der Waals surface area contributed by atoms with Crippen LogP contribution in [0.3, 0.4) is 0 Å². The van der Waals surface area contributed by atoms with Crippen LogP contribution in [0, 0.1) is 11.3 Å². The van der Waals surface area contributed by atoms with Crippen molar-refractivity contribution in [3.05, 3.63) is 46.1 Å². The highest BCUT2D eigenvalue weighted by Crippen LogP contribution is 2.24. The number of nitriles is 1. The second-order valence-corrected chi connectivity index (χ2v) is 4.78. The van der Waals surface area contributed by atoms with E-state index in [4.69, 9.17) is 5.26 Å². The van der Waals surface area contributed by atoms with E-state index < -0.39 is 5.97 Å². The summed E-state index contributed by atoms with van der Waals surface area (Å²) in [5, 5.41) is 15.8. The average molecular weight is 332 g/mol. The number of rotatable bonds is 3. The molecule has 0 amide bonds. The molecule has 0 aliphatic carbocycles. The first kappa shape index (κ1) is 14.0. The zero-order valence-corrected chi connectivity index (χ0v) is 12.1. The van der Waals surface area contributed by atoms with E-state index in [-0.39, 0.29) is 5.57 Å². The van der Waals surface area contributed by atoms with Gasteiger partial charge in [0.25, 0.3) is 0 Å². The molecule has 0 saturated carbocycles. The molecule has 0 unspecified atom stereocenters. The molecule has 20 heavy (non-hydrogen) atoms. The molecule has 1 heterocycles. The van der Waals surface area contributed by atoms with Gasteiger partial charge >= 0.3 is 5.97 Å². The first-order chi connectivity index (χ1) is 9.65. The van der Waals surface area contributed by atoms with Crippen LogP contribution in [0.2, 0.25) is 0 Å². The van der Waals surface area contributed by atoms with Gasteiger partial charge in [-0.15, -0.1) is 0 Å². The lowest BCUT2D eigenvalue weighted by atomic mass is 10.1. The van der Waals surface area contributed by atoms with Gasteiger partial charge in [0, 0.05) is 15.6 Å². The maximum absolute atomic E-state index is 11.4. The van der Waals surface area contributed by atoms with E-state index >= 15 is 0 Å². The van der Waals surface area contributed by atoms with Gasteiger partial charge in [-0.05, 0) is 18.2 Å². The average Bonchev–Trinajstić information content (AvgIpc) is 2.93. The zero-order chi connectivity index (χ0) is 14.5. The number of aromatic nitrogens is 2. The molecule has 0 saturated heterocycles. The fourth-order valence-corrected chi connectivity index (χ4v) is 1.92. The van der Waals surface area contributed by atoms with E-state index in [1.165, 1.54) is 13.2 Å². The van der Waals surface area contributed by atoms with Gasteiger partial charge in [-0.1, -0.05) is 28.1 Å². The van der Waals surface area contributed by atoms with E-state index in [1.807, 2.05) is 30.3 Å². The maximum atomic E-state index is 11.4. The monoisotopic (exact) mass is 331 g/mol. The molecular weight excluding hydrogens is 322 g/mol. The van der Waals surface area contributed by atoms with Crippen molar-refractivity contribution in [2.75, 3.05) is 7.11 Å². The minimum Gasteiger partial charge on any atom is -0.465 e. The van der Waals surface area contributed by atoms with Crippen molar-refractivity contribution in [2.24, 2.45) is 0 Å². The molecule has 0 aliphatic rings. The van der Waals surface area contributed by atoms with Crippen LogP contribution in [-0.2, 0) is 9.53 Å². The van der Waals surface area contributed by atoms with Gasteiger partial charge in [0.05, 0.1) is 19.0 Å². The highest BCUT2D eigenvalue weighted by atomic mass is 79.9. The number of nitrogens with zero attached hydrogens (tertiary/aromatic N) is 2. The summed E-state index contributed by atoms with van der Waals surface area (Å²) < 4.78 is 5.51. The molecule has 1 N–H and O–H groups in total. The number of hydrogen-bond donors (Lipinski definition) is 1. The molecule has 0 bridgehead atoms. The normalized spacial score (nSPS) is 10.9. The third-order valence-electron chi connectivity index (χ3n) is 2.63. The van der Waals surface area contributed by atoms with Crippen LogP contribution in [0.25, 0.3) is 17.3 Å². The van der Waals surface area contributed by atoms with Crippen LogP contribution in [0.4, 0.5) is 0 Å². The van der Waals surface area contributed by atoms with Crippen LogP contribution in [-0.4, -0.2) is 23.3 Å². The van der Waals surface area contributed by atoms with Gasteiger partial charge in [0.1, 0.15) is 11.6 Å². The number of nitrogens with one attached hydrogen (secondary N) is 1. The number of esters is 1. The van der Waals surface area contributed by atoms with Gasteiger partial charge in [0.2, 0.25) is 0 Å². The van der Waals surface area contributed by atoms with Crippen molar-refractivity contribution >= 4 is 28.0 Å². The number of benzene rings is 1. The number of carbonyl (C=O) groups excluding carboxylic acids is 1. The quantitative estimate of drug-likeness (QED) is 0.532. The lowest BCUT2D eigenvalue weighted by Crippen LogP contribution is -2.02. The predicted molar refractivity (Wildman–Crippen MR) is 77.3 cm³/mol. The van der Waals surface area contributed by atoms with Gasteiger partial charge < -0.3 is 4.74 Å². The molecule has 0 fully saturated rings. The van der Waals surface area contributed by atoms with Gasteiger partial charge in [0.15, 0.2) is 0 Å². The molecule has 1 aromatic carbocycles. The van der Waals surface area contributed by atoms with Crippen molar-refractivity contribution in [3.63, 3.8) is 0 Å². The maximum Gasteiger partial charge on any atom is 0.348 e. The van der Waals surface area contributed by atoms with Crippen LogP contribution in [0.5, 0.6) is 0 Å². The second-order valence-electron chi connectivity index (χ2n) is 3.87. The van der Waals surface area contributed by atoms with E-state index in [9.17, 15) is 4.79 Å². The Balaban J connectivity index is 2.43. The summed E-state index contributed by atoms with van der Waals surface area (Å²) in [4.78, 5) is 11.4. The molecule has 5 nitrogen and oxygen atoms in total. The summed E-state index contributed by atoms with van der Waals surface area (Å²) in [6.45, 7) is 0. The fraction of sp³-hybridized carbons (Fsp3) is 0.0714. The highest BCUT2D eigenvalue weighted by Gasteiger charge is 2.12. The van der Waals surface area contributed by atoms with Gasteiger partial charge in [-0.25, -0.2) is 4.79 Å². The van der Waals surface area contributed by atoms with Crippen molar-refractivity contribution in [1.82, 2.24) is 10.2 Å². The van der Waals surface area contributed by atoms with Crippen molar-refractivity contribution in [1.29, 1.82) is 5.26 Å². The summed E-state index contributed by atoms with van der Waals surface area (Å²) in [5.41, 5.74) is 2.20. The Bertz CT molecular complexity index is 696. The third-order valence-corrected chi connectivity index (χ3v) is 3.16. The molecule has 1 aromatic heterocycles. The third kappa shape index (κ3) is 2.95. The summed E-state index contributed by atoms with van der Waals surface area (Å²) in [6, 6.07) is 9.42. The second kappa shape index (κ2) is 6.17. The number of ether oxygens (including phenoxy) is 1. The molecule has 0 atom stereocenters. The van der Waals surface area contributed by atoms with E-state index in [1.54, 1.807) is 6.20 Å². The minimum absolute atomic E-state index is 0.0766. The predicted octanol–water partition coefficient (Wildman–Crippen LogP) is 2.92. The number of methoxy groups -OCH3 is 1. The molecule has 2 aromatic rings. The summed E-state index contributed by atoms with van der Waals surface area (Å²) >= 11 is 3.37. The molecule has 2 rings (SSSR count). The number of H-pyrrole nitrogens is 1. The molecule has 100 valence electrons. The highest BCUT2D eigenvalue weighted by molar-refractivity contribution is 9.10. The zero-order valence-electron chi connectivity index (χ0n) is 10.6. The Kier molecular flexibility index (Phi) is 4.33. The Morgan fingerprint density at radius 2 is 2.15 bits per heavy atom. The topological polar surface area (TPSA) is 78.8 Å². The minimum atomic E-state index is -0.671. The first-order valence-corrected chi connectivity index (χ1v) is 6.44. The molecule has 0 aliphatic heterocycles. The Morgan fingerprint density at radius 3 is 2.75 bits per heavy atom. The number of halogens is 1. The number of carbonyl (C=O) groups is 1. The summed E-state index contributed by atoms with van der Waals surface area (Å²) in [6.07, 6.45) is 3.00.